The van der Waals surface area contributed by atoms with Crippen LogP contribution in [0.25, 0.3) is 0 Å². The number of likely N-dealkylation sites (tertiary alicyclic amines) is 1. The summed E-state index contributed by atoms with van der Waals surface area (Å²) >= 11 is 0. The summed E-state index contributed by atoms with van der Waals surface area (Å²) in [5.74, 6) is 0.914. The minimum absolute atomic E-state index is 0.0201. The van der Waals surface area contributed by atoms with Crippen molar-refractivity contribution in [2.24, 2.45) is 11.8 Å². The fourth-order valence-electron chi connectivity index (χ4n) is 3.75. The van der Waals surface area contributed by atoms with Gasteiger partial charge < -0.3 is 15.3 Å². The van der Waals surface area contributed by atoms with Crippen molar-refractivity contribution in [3.05, 3.63) is 29.8 Å². The Labute approximate surface area is 126 Å². The average molecular weight is 288 g/mol. The van der Waals surface area contributed by atoms with E-state index in [0.717, 1.165) is 38.0 Å². The van der Waals surface area contributed by atoms with Gasteiger partial charge >= 0.3 is 6.03 Å². The molecule has 1 saturated heterocycles. The highest BCUT2D eigenvalue weighted by Gasteiger charge is 2.48. The Morgan fingerprint density at radius 2 is 1.86 bits per heavy atom. The van der Waals surface area contributed by atoms with Crippen LogP contribution < -0.4 is 5.32 Å². The molecule has 1 aliphatic carbocycles. The van der Waals surface area contributed by atoms with Gasteiger partial charge in [-0.15, -0.1) is 0 Å². The maximum Gasteiger partial charge on any atom is 0.321 e. The van der Waals surface area contributed by atoms with Crippen molar-refractivity contribution in [1.82, 2.24) is 4.90 Å². The summed E-state index contributed by atoms with van der Waals surface area (Å²) in [6.45, 7) is 5.61. The van der Waals surface area contributed by atoms with Gasteiger partial charge in [-0.3, -0.25) is 0 Å². The van der Waals surface area contributed by atoms with E-state index in [1.165, 1.54) is 5.56 Å². The van der Waals surface area contributed by atoms with Gasteiger partial charge in [-0.25, -0.2) is 4.79 Å². The van der Waals surface area contributed by atoms with Gasteiger partial charge in [0, 0.05) is 18.8 Å². The third-order valence-corrected chi connectivity index (χ3v) is 5.11. The predicted molar refractivity (Wildman–Crippen MR) is 83.2 cm³/mol. The van der Waals surface area contributed by atoms with E-state index in [1.807, 2.05) is 43.0 Å². The number of nitrogens with one attached hydrogen (secondary N) is 1. The minimum Gasteiger partial charge on any atom is -0.390 e. The second-order valence-electron chi connectivity index (χ2n) is 6.71. The topological polar surface area (TPSA) is 52.6 Å². The molecule has 1 heterocycles. The van der Waals surface area contributed by atoms with E-state index in [-0.39, 0.29) is 6.03 Å². The molecule has 2 aliphatic rings. The van der Waals surface area contributed by atoms with Gasteiger partial charge in [0.2, 0.25) is 0 Å². The Kier molecular flexibility index (Phi) is 3.66. The predicted octanol–water partition coefficient (Wildman–Crippen LogP) is 3.01. The van der Waals surface area contributed by atoms with Crippen LogP contribution in [0.4, 0.5) is 10.5 Å². The number of rotatable bonds is 2. The van der Waals surface area contributed by atoms with Crippen molar-refractivity contribution in [1.29, 1.82) is 0 Å². The SMILES string of the molecule is CCC1(O)CC2CN(C(=O)Nc3ccc(C)cc3)CC2C1. The lowest BCUT2D eigenvalue weighted by Gasteiger charge is -2.24. The number of urea groups is 1. The van der Waals surface area contributed by atoms with Crippen molar-refractivity contribution in [3.63, 3.8) is 0 Å². The number of benzene rings is 1. The largest absolute Gasteiger partial charge is 0.390 e. The molecular formula is C17H24N2O2. The molecule has 1 aromatic rings. The normalized spacial score (nSPS) is 31.3. The zero-order valence-electron chi connectivity index (χ0n) is 12.8. The summed E-state index contributed by atoms with van der Waals surface area (Å²) < 4.78 is 0. The van der Waals surface area contributed by atoms with Crippen LogP contribution in [-0.4, -0.2) is 34.7 Å². The first kappa shape index (κ1) is 14.4. The summed E-state index contributed by atoms with van der Waals surface area (Å²) in [7, 11) is 0. The Morgan fingerprint density at radius 1 is 1.29 bits per heavy atom. The molecule has 1 aliphatic heterocycles. The number of nitrogens with zero attached hydrogens (tertiary/aromatic N) is 1. The summed E-state index contributed by atoms with van der Waals surface area (Å²) in [5, 5.41) is 13.3. The first-order valence-corrected chi connectivity index (χ1v) is 7.84. The van der Waals surface area contributed by atoms with E-state index >= 15 is 0 Å². The third-order valence-electron chi connectivity index (χ3n) is 5.11. The molecule has 2 N–H and O–H groups in total. The lowest BCUT2D eigenvalue weighted by molar-refractivity contribution is 0.0327. The van der Waals surface area contributed by atoms with Gasteiger partial charge in [0.1, 0.15) is 0 Å². The number of carbonyl (C=O) groups excluding carboxylic acids is 1. The quantitative estimate of drug-likeness (QED) is 0.879. The molecular weight excluding hydrogens is 264 g/mol. The van der Waals surface area contributed by atoms with Gasteiger partial charge in [-0.05, 0) is 50.2 Å². The molecule has 21 heavy (non-hydrogen) atoms. The van der Waals surface area contributed by atoms with Crippen LogP contribution in [0.3, 0.4) is 0 Å². The molecule has 4 nitrogen and oxygen atoms in total. The number of hydrogen-bond donors (Lipinski definition) is 2. The van der Waals surface area contributed by atoms with Crippen molar-refractivity contribution >= 4 is 11.7 Å². The fraction of sp³-hybridized carbons (Fsp3) is 0.588. The Hall–Kier alpha value is -1.55. The number of fused-ring (bicyclic) bond motifs is 1. The first-order chi connectivity index (χ1) is 9.99. The van der Waals surface area contributed by atoms with Crippen molar-refractivity contribution in [2.75, 3.05) is 18.4 Å². The first-order valence-electron chi connectivity index (χ1n) is 7.84. The van der Waals surface area contributed by atoms with Crippen LogP contribution in [0.5, 0.6) is 0 Å². The average Bonchev–Trinajstić information content (AvgIpc) is 2.97. The molecule has 1 aromatic carbocycles. The van der Waals surface area contributed by atoms with Gasteiger partial charge in [-0.2, -0.15) is 0 Å². The van der Waals surface area contributed by atoms with Gasteiger partial charge in [0.15, 0.2) is 0 Å². The molecule has 0 radical (unpaired) electrons. The van der Waals surface area contributed by atoms with Gasteiger partial charge in [-0.1, -0.05) is 24.6 Å². The molecule has 0 spiro atoms. The standard InChI is InChI=1S/C17H24N2O2/c1-3-17(21)8-13-10-19(11-14(13)9-17)16(20)18-15-6-4-12(2)5-7-15/h4-7,13-14,21H,3,8-11H2,1-2H3,(H,18,20). The summed E-state index contributed by atoms with van der Waals surface area (Å²) in [6.07, 6.45) is 2.49. The van der Waals surface area contributed by atoms with Gasteiger partial charge in [0.25, 0.3) is 0 Å². The Balaban J connectivity index is 1.58. The lowest BCUT2D eigenvalue weighted by Crippen LogP contribution is -2.35. The van der Waals surface area contributed by atoms with Crippen LogP contribution in [0, 0.1) is 18.8 Å². The van der Waals surface area contributed by atoms with Crippen LogP contribution in [-0.2, 0) is 0 Å². The molecule has 0 aromatic heterocycles. The zero-order chi connectivity index (χ0) is 15.0. The number of aliphatic hydroxyl groups is 1. The second-order valence-corrected chi connectivity index (χ2v) is 6.71. The smallest absolute Gasteiger partial charge is 0.321 e. The number of amides is 2. The number of aryl methyl sites for hydroxylation is 1. The van der Waals surface area contributed by atoms with Crippen LogP contribution in [0.2, 0.25) is 0 Å². The number of anilines is 1. The maximum absolute atomic E-state index is 12.3. The molecule has 2 fully saturated rings. The minimum atomic E-state index is -0.491. The second kappa shape index (κ2) is 5.34. The molecule has 4 heteroatoms. The molecule has 0 bridgehead atoms. The van der Waals surface area contributed by atoms with Crippen LogP contribution in [0.15, 0.2) is 24.3 Å². The molecule has 114 valence electrons. The highest BCUT2D eigenvalue weighted by Crippen LogP contribution is 2.45. The van der Waals surface area contributed by atoms with Crippen molar-refractivity contribution in [3.8, 4) is 0 Å². The highest BCUT2D eigenvalue weighted by molar-refractivity contribution is 5.89. The van der Waals surface area contributed by atoms with Gasteiger partial charge in [0.05, 0.1) is 5.60 Å². The third kappa shape index (κ3) is 2.91. The van der Waals surface area contributed by atoms with E-state index < -0.39 is 5.60 Å². The lowest BCUT2D eigenvalue weighted by atomic mass is 9.97. The molecule has 3 rings (SSSR count). The van der Waals surface area contributed by atoms with Crippen LogP contribution in [0.1, 0.15) is 31.7 Å². The fourth-order valence-corrected chi connectivity index (χ4v) is 3.75. The molecule has 2 atom stereocenters. The van der Waals surface area contributed by atoms with E-state index in [0.29, 0.717) is 11.8 Å². The monoisotopic (exact) mass is 288 g/mol. The van der Waals surface area contributed by atoms with Crippen LogP contribution >= 0.6 is 0 Å². The van der Waals surface area contributed by atoms with Crippen molar-refractivity contribution in [2.45, 2.75) is 38.7 Å². The number of hydrogen-bond acceptors (Lipinski definition) is 2. The summed E-state index contributed by atoms with van der Waals surface area (Å²) in [6, 6.07) is 7.83. The summed E-state index contributed by atoms with van der Waals surface area (Å²) in [4.78, 5) is 14.2. The zero-order valence-corrected chi connectivity index (χ0v) is 12.8. The molecule has 2 amide bonds. The Morgan fingerprint density at radius 3 is 2.38 bits per heavy atom. The van der Waals surface area contributed by atoms with E-state index in [4.69, 9.17) is 0 Å². The van der Waals surface area contributed by atoms with E-state index in [2.05, 4.69) is 5.32 Å². The Bertz CT molecular complexity index is 512. The molecule has 1 saturated carbocycles. The van der Waals surface area contributed by atoms with Crippen molar-refractivity contribution < 1.29 is 9.90 Å². The highest BCUT2D eigenvalue weighted by atomic mass is 16.3. The maximum atomic E-state index is 12.3. The number of carbonyl (C=O) groups is 1. The summed E-state index contributed by atoms with van der Waals surface area (Å²) in [5.41, 5.74) is 1.53. The van der Waals surface area contributed by atoms with E-state index in [9.17, 15) is 9.90 Å². The van der Waals surface area contributed by atoms with E-state index in [1.54, 1.807) is 0 Å². The molecule has 2 unspecified atom stereocenters.